The Labute approximate surface area is 53.1 Å². The lowest BCUT2D eigenvalue weighted by Crippen LogP contribution is -2.24. The quantitative estimate of drug-likeness (QED) is 0.520. The molecular weight excluding hydrogens is 144 g/mol. The van der Waals surface area contributed by atoms with Crippen molar-refractivity contribution < 1.29 is 13.6 Å². The Morgan fingerprint density at radius 2 is 2.22 bits per heavy atom. The molecule has 0 unspecified atom stereocenters. The standard InChI is InChI=1S/C3H6N2O3S/c1-5(6)9(7,8)3-2-4/h6H,3H2,1H3. The topological polar surface area (TPSA) is 81.4 Å². The number of nitriles is 1. The van der Waals surface area contributed by atoms with E-state index in [9.17, 15) is 8.42 Å². The van der Waals surface area contributed by atoms with Gasteiger partial charge >= 0.3 is 0 Å². The van der Waals surface area contributed by atoms with E-state index in [1.165, 1.54) is 6.07 Å². The van der Waals surface area contributed by atoms with E-state index in [1.54, 1.807) is 0 Å². The van der Waals surface area contributed by atoms with E-state index in [4.69, 9.17) is 10.5 Å². The predicted octanol–water partition coefficient (Wildman–Crippen LogP) is -0.839. The van der Waals surface area contributed by atoms with Crippen LogP contribution in [-0.4, -0.2) is 30.9 Å². The second kappa shape index (κ2) is 2.77. The summed E-state index contributed by atoms with van der Waals surface area (Å²) in [6.07, 6.45) is 0. The zero-order valence-electron chi connectivity index (χ0n) is 4.77. The lowest BCUT2D eigenvalue weighted by Gasteiger charge is -2.03. The smallest absolute Gasteiger partial charge is 0.249 e. The van der Waals surface area contributed by atoms with Crippen LogP contribution in [-0.2, 0) is 10.0 Å². The third-order valence-corrected chi connectivity index (χ3v) is 1.95. The van der Waals surface area contributed by atoms with Crippen LogP contribution in [0.5, 0.6) is 0 Å². The van der Waals surface area contributed by atoms with Crippen molar-refractivity contribution in [3.63, 3.8) is 0 Å². The Bertz CT molecular complexity index is 212. The lowest BCUT2D eigenvalue weighted by molar-refractivity contribution is 0.0315. The third kappa shape index (κ3) is 2.41. The monoisotopic (exact) mass is 150 g/mol. The van der Waals surface area contributed by atoms with Crippen molar-refractivity contribution in [3.05, 3.63) is 0 Å². The SMILES string of the molecule is CN(O)S(=O)(=O)CC#N. The number of hydrogen-bond donors (Lipinski definition) is 1. The lowest BCUT2D eigenvalue weighted by atomic mass is 10.9. The minimum atomic E-state index is -3.72. The summed E-state index contributed by atoms with van der Waals surface area (Å²) < 4.78 is 20.8. The Morgan fingerprint density at radius 3 is 2.33 bits per heavy atom. The molecule has 52 valence electrons. The number of sulfonamides is 1. The van der Waals surface area contributed by atoms with E-state index in [1.807, 2.05) is 0 Å². The van der Waals surface area contributed by atoms with Crippen LogP contribution in [0.25, 0.3) is 0 Å². The molecule has 0 aliphatic carbocycles. The average Bonchev–Trinajstić information content (AvgIpc) is 1.65. The second-order valence-electron chi connectivity index (χ2n) is 1.35. The third-order valence-electron chi connectivity index (χ3n) is 0.650. The number of rotatable bonds is 2. The van der Waals surface area contributed by atoms with Gasteiger partial charge in [-0.15, -0.1) is 0 Å². The maximum atomic E-state index is 10.4. The molecular formula is C3H6N2O3S. The van der Waals surface area contributed by atoms with Gasteiger partial charge in [0.1, 0.15) is 0 Å². The van der Waals surface area contributed by atoms with Crippen LogP contribution in [0.4, 0.5) is 0 Å². The first-order valence-electron chi connectivity index (χ1n) is 2.03. The molecule has 0 aromatic rings. The molecule has 0 atom stereocenters. The van der Waals surface area contributed by atoms with Gasteiger partial charge in [-0.1, -0.05) is 4.47 Å². The van der Waals surface area contributed by atoms with E-state index in [-0.39, 0.29) is 4.47 Å². The summed E-state index contributed by atoms with van der Waals surface area (Å²) in [5.41, 5.74) is 0. The molecule has 0 heterocycles. The van der Waals surface area contributed by atoms with Crippen LogP contribution in [0.15, 0.2) is 0 Å². The minimum absolute atomic E-state index is 0.0240. The highest BCUT2D eigenvalue weighted by molar-refractivity contribution is 7.89. The van der Waals surface area contributed by atoms with Crippen LogP contribution in [0.2, 0.25) is 0 Å². The minimum Gasteiger partial charge on any atom is -0.300 e. The summed E-state index contributed by atoms with van der Waals surface area (Å²) in [7, 11) is -2.77. The fourth-order valence-electron chi connectivity index (χ4n) is 0.175. The van der Waals surface area contributed by atoms with Crippen LogP contribution in [0.3, 0.4) is 0 Å². The number of nitrogens with zero attached hydrogens (tertiary/aromatic N) is 2. The van der Waals surface area contributed by atoms with Crippen molar-refractivity contribution in [2.75, 3.05) is 12.8 Å². The summed E-state index contributed by atoms with van der Waals surface area (Å²) in [5, 5.41) is 16.2. The highest BCUT2D eigenvalue weighted by Crippen LogP contribution is 1.90. The van der Waals surface area contributed by atoms with Crippen LogP contribution in [0.1, 0.15) is 0 Å². The van der Waals surface area contributed by atoms with Gasteiger partial charge in [0.15, 0.2) is 5.75 Å². The van der Waals surface area contributed by atoms with Gasteiger partial charge in [-0.05, 0) is 0 Å². The van der Waals surface area contributed by atoms with Gasteiger partial charge in [0.25, 0.3) is 0 Å². The summed E-state index contributed by atoms with van der Waals surface area (Å²) in [6, 6.07) is 1.40. The van der Waals surface area contributed by atoms with Gasteiger partial charge in [0, 0.05) is 7.05 Å². The molecule has 0 rings (SSSR count). The first-order chi connectivity index (χ1) is 4.00. The number of hydrogen-bond acceptors (Lipinski definition) is 4. The van der Waals surface area contributed by atoms with E-state index < -0.39 is 15.8 Å². The van der Waals surface area contributed by atoms with Gasteiger partial charge in [-0.2, -0.15) is 5.26 Å². The summed E-state index contributed by atoms with van der Waals surface area (Å²) in [6.45, 7) is 0. The van der Waals surface area contributed by atoms with E-state index >= 15 is 0 Å². The maximum absolute atomic E-state index is 10.4. The fourth-order valence-corrected chi connectivity index (χ4v) is 0.525. The molecule has 0 aromatic heterocycles. The van der Waals surface area contributed by atoms with Gasteiger partial charge in [0.05, 0.1) is 6.07 Å². The van der Waals surface area contributed by atoms with Crippen LogP contribution < -0.4 is 0 Å². The van der Waals surface area contributed by atoms with Crippen molar-refractivity contribution in [2.24, 2.45) is 0 Å². The zero-order chi connectivity index (χ0) is 7.49. The highest BCUT2D eigenvalue weighted by atomic mass is 32.2. The molecule has 0 saturated heterocycles. The van der Waals surface area contributed by atoms with Gasteiger partial charge in [0.2, 0.25) is 10.0 Å². The molecule has 9 heavy (non-hydrogen) atoms. The Hall–Kier alpha value is -0.640. The molecule has 0 bridgehead atoms. The fraction of sp³-hybridized carbons (Fsp3) is 0.667. The molecule has 0 spiro atoms. The van der Waals surface area contributed by atoms with Crippen molar-refractivity contribution in [2.45, 2.75) is 0 Å². The van der Waals surface area contributed by atoms with Gasteiger partial charge in [-0.25, -0.2) is 8.42 Å². The second-order valence-corrected chi connectivity index (χ2v) is 3.33. The molecule has 0 fully saturated rings. The first kappa shape index (κ1) is 8.36. The molecule has 6 heteroatoms. The molecule has 0 saturated carbocycles. The predicted molar refractivity (Wildman–Crippen MR) is 28.9 cm³/mol. The normalized spacial score (nSPS) is 11.3. The van der Waals surface area contributed by atoms with E-state index in [0.717, 1.165) is 7.05 Å². The largest absolute Gasteiger partial charge is 0.300 e. The first-order valence-corrected chi connectivity index (χ1v) is 3.64. The van der Waals surface area contributed by atoms with Crippen molar-refractivity contribution in [3.8, 4) is 6.07 Å². The Kier molecular flexibility index (Phi) is 2.58. The molecule has 0 radical (unpaired) electrons. The zero-order valence-corrected chi connectivity index (χ0v) is 5.59. The molecule has 0 aliphatic heterocycles. The molecule has 1 N–H and O–H groups in total. The maximum Gasteiger partial charge on any atom is 0.249 e. The van der Waals surface area contributed by atoms with Gasteiger partial charge < -0.3 is 0 Å². The summed E-state index contributed by atoms with van der Waals surface area (Å²) >= 11 is 0. The van der Waals surface area contributed by atoms with Crippen molar-refractivity contribution in [1.29, 1.82) is 5.26 Å². The number of hydroxylamine groups is 1. The molecule has 5 nitrogen and oxygen atoms in total. The summed E-state index contributed by atoms with van der Waals surface area (Å²) in [5.74, 6) is -0.694. The molecule has 0 amide bonds. The van der Waals surface area contributed by atoms with Crippen molar-refractivity contribution in [1.82, 2.24) is 4.47 Å². The molecule has 0 aromatic carbocycles. The van der Waals surface area contributed by atoms with Crippen LogP contribution >= 0.6 is 0 Å². The van der Waals surface area contributed by atoms with E-state index in [2.05, 4.69) is 0 Å². The Morgan fingerprint density at radius 1 is 1.78 bits per heavy atom. The Balaban J connectivity index is 4.28. The average molecular weight is 150 g/mol. The van der Waals surface area contributed by atoms with Crippen LogP contribution in [0, 0.1) is 11.3 Å². The molecule has 0 aliphatic rings. The van der Waals surface area contributed by atoms with E-state index in [0.29, 0.717) is 0 Å². The highest BCUT2D eigenvalue weighted by Gasteiger charge is 2.13. The van der Waals surface area contributed by atoms with Crippen molar-refractivity contribution >= 4 is 10.0 Å². The summed E-state index contributed by atoms with van der Waals surface area (Å²) in [4.78, 5) is 0. The van der Waals surface area contributed by atoms with Gasteiger partial charge in [-0.3, -0.25) is 5.21 Å².